The summed E-state index contributed by atoms with van der Waals surface area (Å²) < 4.78 is 0. The molecule has 0 saturated heterocycles. The summed E-state index contributed by atoms with van der Waals surface area (Å²) in [6.45, 7) is 1.17. The van der Waals surface area contributed by atoms with Crippen LogP contribution in [0.25, 0.3) is 0 Å². The molecule has 0 aliphatic rings. The van der Waals surface area contributed by atoms with Crippen molar-refractivity contribution in [1.82, 2.24) is 0 Å². The third-order valence-electron chi connectivity index (χ3n) is 2.33. The van der Waals surface area contributed by atoms with Crippen LogP contribution in [0.2, 0.25) is 0 Å². The van der Waals surface area contributed by atoms with Gasteiger partial charge in [-0.2, -0.15) is 0 Å². The highest BCUT2D eigenvalue weighted by Gasteiger charge is 2.33. The van der Waals surface area contributed by atoms with E-state index in [4.69, 9.17) is 0 Å². The van der Waals surface area contributed by atoms with Crippen molar-refractivity contribution in [2.24, 2.45) is 0 Å². The van der Waals surface area contributed by atoms with Gasteiger partial charge in [0.05, 0.1) is 20.8 Å². The lowest BCUT2D eigenvalue weighted by atomic mass is 10.1. The molecule has 10 nitrogen and oxygen atoms in total. The normalized spacial score (nSPS) is 9.89. The van der Waals surface area contributed by atoms with E-state index in [1.807, 2.05) is 0 Å². The molecule has 0 aromatic heterocycles. The van der Waals surface area contributed by atoms with E-state index in [0.29, 0.717) is 6.07 Å². The number of benzene rings is 1. The monoisotopic (exact) mass is 256 g/mol. The van der Waals surface area contributed by atoms with Gasteiger partial charge in [0.15, 0.2) is 5.69 Å². The van der Waals surface area contributed by atoms with E-state index < -0.39 is 31.8 Å². The Morgan fingerprint density at radius 3 is 1.83 bits per heavy atom. The highest BCUT2D eigenvalue weighted by molar-refractivity contribution is 5.80. The third kappa shape index (κ3) is 2.03. The van der Waals surface area contributed by atoms with Crippen molar-refractivity contribution < 1.29 is 14.8 Å². The van der Waals surface area contributed by atoms with E-state index in [1.165, 1.54) is 14.0 Å². The van der Waals surface area contributed by atoms with Gasteiger partial charge in [-0.15, -0.1) is 0 Å². The second-order valence-electron chi connectivity index (χ2n) is 3.28. The van der Waals surface area contributed by atoms with Crippen molar-refractivity contribution in [3.8, 4) is 0 Å². The number of hydrogen-bond acceptors (Lipinski definition) is 7. The number of rotatable bonds is 4. The first kappa shape index (κ1) is 13.3. The van der Waals surface area contributed by atoms with Crippen LogP contribution in [-0.4, -0.2) is 21.8 Å². The van der Waals surface area contributed by atoms with Crippen molar-refractivity contribution in [3.05, 3.63) is 42.0 Å². The zero-order valence-electron chi connectivity index (χ0n) is 9.37. The molecular formula is C8H8N4O6. The van der Waals surface area contributed by atoms with Crippen molar-refractivity contribution in [1.29, 1.82) is 0 Å². The zero-order valence-corrected chi connectivity index (χ0v) is 9.37. The molecule has 1 aromatic rings. The van der Waals surface area contributed by atoms with Crippen LogP contribution in [0.3, 0.4) is 0 Å². The molecule has 0 bridgehead atoms. The second-order valence-corrected chi connectivity index (χ2v) is 3.28. The third-order valence-corrected chi connectivity index (χ3v) is 2.33. The average molecular weight is 256 g/mol. The second kappa shape index (κ2) is 4.61. The molecule has 1 rings (SSSR count). The highest BCUT2D eigenvalue weighted by Crippen LogP contribution is 2.41. The maximum absolute atomic E-state index is 10.9. The fourth-order valence-electron chi connectivity index (χ4n) is 1.55. The van der Waals surface area contributed by atoms with Crippen LogP contribution in [0.4, 0.5) is 22.7 Å². The number of nitro groups is 3. The first-order valence-electron chi connectivity index (χ1n) is 4.59. The molecule has 96 valence electrons. The number of nitrogens with one attached hydrogen (secondary N) is 1. The molecule has 0 unspecified atom stereocenters. The molecule has 18 heavy (non-hydrogen) atoms. The summed E-state index contributed by atoms with van der Waals surface area (Å²) in [7, 11) is 1.26. The topological polar surface area (TPSA) is 141 Å². The molecule has 0 aliphatic carbocycles. The molecule has 0 aliphatic heterocycles. The molecule has 10 heteroatoms. The van der Waals surface area contributed by atoms with Gasteiger partial charge in [0.2, 0.25) is 0 Å². The summed E-state index contributed by atoms with van der Waals surface area (Å²) >= 11 is 0. The Bertz CT molecular complexity index is 555. The molecule has 0 atom stereocenters. The predicted octanol–water partition coefficient (Wildman–Crippen LogP) is 1.76. The minimum Gasteiger partial charge on any atom is -0.377 e. The van der Waals surface area contributed by atoms with Crippen LogP contribution in [0, 0.1) is 37.3 Å². The van der Waals surface area contributed by atoms with Gasteiger partial charge < -0.3 is 5.32 Å². The van der Waals surface area contributed by atoms with E-state index in [1.54, 1.807) is 0 Å². The molecule has 0 amide bonds. The van der Waals surface area contributed by atoms with E-state index in [2.05, 4.69) is 5.32 Å². The minimum atomic E-state index is -0.911. The van der Waals surface area contributed by atoms with E-state index in [-0.39, 0.29) is 11.3 Å². The Hall–Kier alpha value is -2.78. The lowest BCUT2D eigenvalue weighted by Crippen LogP contribution is -2.05. The van der Waals surface area contributed by atoms with Crippen molar-refractivity contribution in [2.45, 2.75) is 6.92 Å². The van der Waals surface area contributed by atoms with Gasteiger partial charge >= 0.3 is 11.4 Å². The Balaban J connectivity index is 3.81. The maximum atomic E-state index is 10.9. The molecule has 0 heterocycles. The summed E-state index contributed by atoms with van der Waals surface area (Å²) in [6, 6.07) is 0.703. The van der Waals surface area contributed by atoms with Crippen LogP contribution < -0.4 is 5.32 Å². The summed E-state index contributed by atoms with van der Waals surface area (Å²) in [4.78, 5) is 29.7. The minimum absolute atomic E-state index is 0.236. The molecule has 0 spiro atoms. The van der Waals surface area contributed by atoms with Gasteiger partial charge in [-0.3, -0.25) is 30.3 Å². The zero-order chi connectivity index (χ0) is 14.0. The van der Waals surface area contributed by atoms with E-state index in [0.717, 1.165) is 0 Å². The Kier molecular flexibility index (Phi) is 3.40. The van der Waals surface area contributed by atoms with E-state index in [9.17, 15) is 30.3 Å². The maximum Gasteiger partial charge on any atom is 0.309 e. The SMILES string of the molecule is CNc1c([N+](=O)[O-])cc([N+](=O)[O-])c(C)c1[N+](=O)[O-]. The summed E-state index contributed by atoms with van der Waals surface area (Å²) in [5.74, 6) is 0. The summed E-state index contributed by atoms with van der Waals surface area (Å²) in [5.41, 5.74) is -2.62. The predicted molar refractivity (Wildman–Crippen MR) is 60.7 cm³/mol. The fourth-order valence-corrected chi connectivity index (χ4v) is 1.55. The highest BCUT2D eigenvalue weighted by atomic mass is 16.6. The molecule has 0 radical (unpaired) electrons. The number of nitro benzene ring substituents is 3. The molecule has 0 fully saturated rings. The molecule has 1 aromatic carbocycles. The number of hydrogen-bond donors (Lipinski definition) is 1. The van der Waals surface area contributed by atoms with Crippen molar-refractivity contribution >= 4 is 22.7 Å². The Morgan fingerprint density at radius 2 is 1.50 bits per heavy atom. The molecule has 0 saturated carbocycles. The van der Waals surface area contributed by atoms with Gasteiger partial charge in [0.25, 0.3) is 5.69 Å². The largest absolute Gasteiger partial charge is 0.377 e. The van der Waals surface area contributed by atoms with Gasteiger partial charge in [-0.1, -0.05) is 0 Å². The summed E-state index contributed by atoms with van der Waals surface area (Å²) in [5, 5.41) is 34.7. The number of nitrogens with zero attached hydrogens (tertiary/aromatic N) is 3. The van der Waals surface area contributed by atoms with Crippen molar-refractivity contribution in [3.63, 3.8) is 0 Å². The average Bonchev–Trinajstić information content (AvgIpc) is 2.26. The molecular weight excluding hydrogens is 248 g/mol. The lowest BCUT2D eigenvalue weighted by Gasteiger charge is -2.06. The van der Waals surface area contributed by atoms with Crippen LogP contribution >= 0.6 is 0 Å². The fraction of sp³-hybridized carbons (Fsp3) is 0.250. The van der Waals surface area contributed by atoms with E-state index >= 15 is 0 Å². The van der Waals surface area contributed by atoms with Gasteiger partial charge in [-0.05, 0) is 6.92 Å². The van der Waals surface area contributed by atoms with Gasteiger partial charge in [-0.25, -0.2) is 0 Å². The number of anilines is 1. The Labute approximate surface area is 99.7 Å². The van der Waals surface area contributed by atoms with Crippen LogP contribution in [0.1, 0.15) is 5.56 Å². The van der Waals surface area contributed by atoms with Gasteiger partial charge in [0.1, 0.15) is 5.56 Å². The van der Waals surface area contributed by atoms with Crippen molar-refractivity contribution in [2.75, 3.05) is 12.4 Å². The van der Waals surface area contributed by atoms with Crippen LogP contribution in [-0.2, 0) is 0 Å². The Morgan fingerprint density at radius 1 is 1.00 bits per heavy atom. The first-order chi connectivity index (χ1) is 8.31. The quantitative estimate of drug-likeness (QED) is 0.638. The van der Waals surface area contributed by atoms with Gasteiger partial charge in [0, 0.05) is 7.05 Å². The lowest BCUT2D eigenvalue weighted by molar-refractivity contribution is -0.402. The van der Waals surface area contributed by atoms with Crippen LogP contribution in [0.15, 0.2) is 6.07 Å². The standard InChI is InChI=1S/C8H8N4O6/c1-4-5(10(13)14)3-6(11(15)16)7(9-2)8(4)12(17)18/h3,9H,1-2H3. The smallest absolute Gasteiger partial charge is 0.309 e. The van der Waals surface area contributed by atoms with Crippen LogP contribution in [0.5, 0.6) is 0 Å². The first-order valence-corrected chi connectivity index (χ1v) is 4.59. The summed E-state index contributed by atoms with van der Waals surface area (Å²) in [6.07, 6.45) is 0. The molecule has 1 N–H and O–H groups in total.